The molecule has 1 heterocycles. The van der Waals surface area contributed by atoms with Crippen LogP contribution in [0.1, 0.15) is 45.4 Å². The minimum atomic E-state index is -0.0340. The molecule has 0 fully saturated rings. The Morgan fingerprint density at radius 2 is 1.96 bits per heavy atom. The molecule has 0 spiro atoms. The third-order valence-electron chi connectivity index (χ3n) is 3.61. The van der Waals surface area contributed by atoms with Crippen LogP contribution in [0.3, 0.4) is 0 Å². The molecule has 2 N–H and O–H groups in total. The molecule has 1 aromatic carbocycles. The van der Waals surface area contributed by atoms with Crippen LogP contribution in [0.2, 0.25) is 0 Å². The van der Waals surface area contributed by atoms with Gasteiger partial charge >= 0.3 is 0 Å². The second-order valence-corrected chi connectivity index (χ2v) is 5.51. The Morgan fingerprint density at radius 3 is 2.52 bits per heavy atom. The van der Waals surface area contributed by atoms with Gasteiger partial charge in [0.15, 0.2) is 11.7 Å². The van der Waals surface area contributed by atoms with Crippen LogP contribution in [0.15, 0.2) is 29.3 Å². The topological polar surface area (TPSA) is 78.3 Å². The van der Waals surface area contributed by atoms with E-state index in [1.165, 1.54) is 6.92 Å². The second-order valence-electron chi connectivity index (χ2n) is 5.51. The zero-order chi connectivity index (χ0) is 17.1. The van der Waals surface area contributed by atoms with Crippen LogP contribution in [0, 0.1) is 26.2 Å². The lowest BCUT2D eigenvalue weighted by atomic mass is 9.98. The van der Waals surface area contributed by atoms with Crippen LogP contribution in [0.4, 0.5) is 0 Å². The van der Waals surface area contributed by atoms with Crippen molar-refractivity contribution in [1.82, 2.24) is 4.98 Å². The molecule has 2 rings (SSSR count). The zero-order valence-electron chi connectivity index (χ0n) is 14.1. The normalized spacial score (nSPS) is 11.4. The smallest absolute Gasteiger partial charge is 0.240 e. The van der Waals surface area contributed by atoms with E-state index in [9.17, 15) is 4.79 Å². The van der Waals surface area contributed by atoms with Crippen LogP contribution in [-0.2, 0) is 4.74 Å². The summed E-state index contributed by atoms with van der Waals surface area (Å²) in [7, 11) is 1.59. The SMILES string of the molecule is CN=C(OC(C)=N)c1[nH]c(C)c(C(=O)c2cccc(C)c2)c1C. The molecule has 0 amide bonds. The number of nitrogens with zero attached hydrogens (tertiary/aromatic N) is 1. The highest BCUT2D eigenvalue weighted by atomic mass is 16.5. The molecule has 1 aromatic heterocycles. The van der Waals surface area contributed by atoms with Gasteiger partial charge in [0.25, 0.3) is 0 Å². The number of hydrogen-bond donors (Lipinski definition) is 2. The number of nitrogens with one attached hydrogen (secondary N) is 2. The molecule has 120 valence electrons. The number of aliphatic imine (C=N–C) groups is 1. The molecule has 0 aliphatic carbocycles. The fourth-order valence-electron chi connectivity index (χ4n) is 2.59. The van der Waals surface area contributed by atoms with Crippen LogP contribution in [-0.4, -0.2) is 29.6 Å². The Hall–Kier alpha value is -2.69. The van der Waals surface area contributed by atoms with Crippen molar-refractivity contribution in [2.24, 2.45) is 4.99 Å². The highest BCUT2D eigenvalue weighted by Gasteiger charge is 2.22. The predicted molar refractivity (Wildman–Crippen MR) is 91.8 cm³/mol. The largest absolute Gasteiger partial charge is 0.424 e. The molecule has 0 aliphatic heterocycles. The molecule has 0 unspecified atom stereocenters. The van der Waals surface area contributed by atoms with Gasteiger partial charge in [0.2, 0.25) is 5.90 Å². The van der Waals surface area contributed by atoms with Crippen LogP contribution >= 0.6 is 0 Å². The molecule has 0 saturated heterocycles. The number of ether oxygens (including phenoxy) is 1. The van der Waals surface area contributed by atoms with Gasteiger partial charge in [-0.15, -0.1) is 0 Å². The minimum Gasteiger partial charge on any atom is -0.424 e. The van der Waals surface area contributed by atoms with Crippen LogP contribution in [0.25, 0.3) is 0 Å². The van der Waals surface area contributed by atoms with Crippen molar-refractivity contribution in [3.63, 3.8) is 0 Å². The first-order valence-electron chi connectivity index (χ1n) is 7.35. The van der Waals surface area contributed by atoms with Gasteiger partial charge in [0, 0.05) is 30.8 Å². The van der Waals surface area contributed by atoms with E-state index in [4.69, 9.17) is 10.1 Å². The molecular weight excluding hydrogens is 290 g/mol. The molecule has 5 heteroatoms. The monoisotopic (exact) mass is 311 g/mol. The number of benzene rings is 1. The van der Waals surface area contributed by atoms with E-state index >= 15 is 0 Å². The predicted octanol–water partition coefficient (Wildman–Crippen LogP) is 3.56. The van der Waals surface area contributed by atoms with Gasteiger partial charge in [-0.3, -0.25) is 15.2 Å². The van der Waals surface area contributed by atoms with Crippen molar-refractivity contribution >= 4 is 17.6 Å². The third-order valence-corrected chi connectivity index (χ3v) is 3.61. The maximum atomic E-state index is 12.8. The van der Waals surface area contributed by atoms with Crippen molar-refractivity contribution in [3.8, 4) is 0 Å². The number of hydrogen-bond acceptors (Lipinski definition) is 4. The Balaban J connectivity index is 2.49. The lowest BCUT2D eigenvalue weighted by Gasteiger charge is -2.06. The number of aromatic amines is 1. The molecule has 23 heavy (non-hydrogen) atoms. The number of aromatic nitrogens is 1. The van der Waals surface area contributed by atoms with Gasteiger partial charge in [-0.1, -0.05) is 23.8 Å². The summed E-state index contributed by atoms with van der Waals surface area (Å²) >= 11 is 0. The summed E-state index contributed by atoms with van der Waals surface area (Å²) in [5.74, 6) is 0.318. The zero-order valence-corrected chi connectivity index (χ0v) is 14.1. The number of rotatable bonds is 3. The number of aryl methyl sites for hydroxylation is 2. The Morgan fingerprint density at radius 1 is 1.26 bits per heavy atom. The van der Waals surface area contributed by atoms with E-state index in [1.54, 1.807) is 7.05 Å². The summed E-state index contributed by atoms with van der Waals surface area (Å²) in [5.41, 5.74) is 4.49. The summed E-state index contributed by atoms with van der Waals surface area (Å²) in [5, 5.41) is 7.47. The number of carbonyl (C=O) groups excluding carboxylic acids is 1. The lowest BCUT2D eigenvalue weighted by Crippen LogP contribution is -2.12. The first kappa shape index (κ1) is 16.7. The van der Waals surface area contributed by atoms with Gasteiger partial charge in [-0.25, -0.2) is 0 Å². The van der Waals surface area contributed by atoms with Crippen LogP contribution < -0.4 is 0 Å². The maximum absolute atomic E-state index is 12.8. The highest BCUT2D eigenvalue weighted by Crippen LogP contribution is 2.23. The molecule has 0 atom stereocenters. The lowest BCUT2D eigenvalue weighted by molar-refractivity contribution is 0.103. The fraction of sp³-hybridized carbons (Fsp3) is 0.278. The van der Waals surface area contributed by atoms with E-state index in [-0.39, 0.29) is 11.7 Å². The van der Waals surface area contributed by atoms with Gasteiger partial charge in [-0.2, -0.15) is 0 Å². The Bertz CT molecular complexity index is 801. The van der Waals surface area contributed by atoms with E-state index in [0.717, 1.165) is 16.8 Å². The molecule has 5 nitrogen and oxygen atoms in total. The Labute approximate surface area is 135 Å². The summed E-state index contributed by atoms with van der Waals surface area (Å²) < 4.78 is 5.33. The van der Waals surface area contributed by atoms with Crippen molar-refractivity contribution < 1.29 is 9.53 Å². The first-order valence-corrected chi connectivity index (χ1v) is 7.35. The number of carbonyl (C=O) groups is 1. The standard InChI is InChI=1S/C18H21N3O2/c1-10-7-6-8-14(9-10)17(22)15-11(2)16(21-12(15)3)18(20-5)23-13(4)19/h6-9,19,21H,1-5H3. The fourth-order valence-corrected chi connectivity index (χ4v) is 2.59. The van der Waals surface area contributed by atoms with Gasteiger partial charge in [-0.05, 0) is 32.4 Å². The molecule has 0 radical (unpaired) electrons. The van der Waals surface area contributed by atoms with Crippen molar-refractivity contribution in [2.75, 3.05) is 7.05 Å². The van der Waals surface area contributed by atoms with Gasteiger partial charge in [0.05, 0.1) is 0 Å². The molecule has 0 bridgehead atoms. The molecular formula is C18H21N3O2. The second kappa shape index (κ2) is 6.60. The van der Waals surface area contributed by atoms with Gasteiger partial charge < -0.3 is 9.72 Å². The molecule has 2 aromatic rings. The van der Waals surface area contributed by atoms with E-state index < -0.39 is 0 Å². The van der Waals surface area contributed by atoms with Crippen molar-refractivity contribution in [1.29, 1.82) is 5.41 Å². The van der Waals surface area contributed by atoms with E-state index in [1.807, 2.05) is 45.0 Å². The summed E-state index contributed by atoms with van der Waals surface area (Å²) in [6.45, 7) is 7.20. The quantitative estimate of drug-likeness (QED) is 0.516. The highest BCUT2D eigenvalue weighted by molar-refractivity contribution is 6.13. The minimum absolute atomic E-state index is 0.0340. The summed E-state index contributed by atoms with van der Waals surface area (Å²) in [4.78, 5) is 20.1. The molecule has 0 saturated carbocycles. The average molecular weight is 311 g/mol. The van der Waals surface area contributed by atoms with Crippen molar-refractivity contribution in [3.05, 3.63) is 57.9 Å². The number of H-pyrrole nitrogens is 1. The van der Waals surface area contributed by atoms with Crippen molar-refractivity contribution in [2.45, 2.75) is 27.7 Å². The third kappa shape index (κ3) is 3.39. The maximum Gasteiger partial charge on any atom is 0.240 e. The Kier molecular flexibility index (Phi) is 4.79. The van der Waals surface area contributed by atoms with Crippen LogP contribution in [0.5, 0.6) is 0 Å². The first-order chi connectivity index (χ1) is 10.8. The van der Waals surface area contributed by atoms with E-state index in [2.05, 4.69) is 9.98 Å². The molecule has 0 aliphatic rings. The average Bonchev–Trinajstić information content (AvgIpc) is 2.78. The number of ketones is 1. The van der Waals surface area contributed by atoms with Gasteiger partial charge in [0.1, 0.15) is 5.69 Å². The summed E-state index contributed by atoms with van der Waals surface area (Å²) in [6, 6.07) is 7.53. The van der Waals surface area contributed by atoms with E-state index in [0.29, 0.717) is 22.7 Å². The summed E-state index contributed by atoms with van der Waals surface area (Å²) in [6.07, 6.45) is 0.